The first-order valence-electron chi connectivity index (χ1n) is 11.6. The third kappa shape index (κ3) is 7.08. The van der Waals surface area contributed by atoms with Crippen molar-refractivity contribution < 1.29 is 9.47 Å². The van der Waals surface area contributed by atoms with Crippen LogP contribution in [0.4, 0.5) is 0 Å². The number of rotatable bonds is 11. The van der Waals surface area contributed by atoms with E-state index in [1.54, 1.807) is 0 Å². The van der Waals surface area contributed by atoms with E-state index in [4.69, 9.17) is 21.1 Å². The van der Waals surface area contributed by atoms with Crippen LogP contribution in [0.25, 0.3) is 11.6 Å². The van der Waals surface area contributed by atoms with Crippen molar-refractivity contribution in [2.45, 2.75) is 18.4 Å². The Hall–Kier alpha value is -3.33. The average molecular weight is 469 g/mol. The lowest BCUT2D eigenvalue weighted by Gasteiger charge is -2.18. The number of benzene rings is 4. The summed E-state index contributed by atoms with van der Waals surface area (Å²) in [5.74, 6) is 0.804. The minimum absolute atomic E-state index is 0.225. The smallest absolute Gasteiger partial charge is 0.124 e. The number of ether oxygens (including phenoxy) is 2. The van der Waals surface area contributed by atoms with Gasteiger partial charge in [-0.05, 0) is 34.8 Å². The van der Waals surface area contributed by atoms with Gasteiger partial charge in [0, 0.05) is 5.56 Å². The average Bonchev–Trinajstić information content (AvgIpc) is 2.90. The molecule has 0 radical (unpaired) electrons. The number of allylic oxidation sites excluding steroid dienone is 1. The second kappa shape index (κ2) is 12.8. The molecule has 0 spiro atoms. The minimum Gasteiger partial charge on any atom is -0.491 e. The van der Waals surface area contributed by atoms with Gasteiger partial charge in [0.1, 0.15) is 12.4 Å². The maximum absolute atomic E-state index is 6.99. The highest BCUT2D eigenvalue weighted by atomic mass is 35.5. The first-order chi connectivity index (χ1) is 16.8. The Morgan fingerprint density at radius 1 is 0.706 bits per heavy atom. The molecule has 0 saturated heterocycles. The number of alkyl halides is 1. The van der Waals surface area contributed by atoms with Gasteiger partial charge in [-0.1, -0.05) is 115 Å². The standard InChI is InChI=1S/C31H29ClO2/c32-30(23-28(27-16-8-3-9-17-27)22-25-12-4-1-5-13-25)29-18-10-11-19-31(29)34-21-20-33-24-26-14-6-2-7-15-26/h1-19,22,30H,20-21,23-24H2/b28-22+. The molecule has 0 aliphatic carbocycles. The van der Waals surface area contributed by atoms with Gasteiger partial charge in [0.2, 0.25) is 0 Å². The van der Waals surface area contributed by atoms with Crippen LogP contribution in [-0.2, 0) is 11.3 Å². The third-order valence-corrected chi connectivity index (χ3v) is 5.93. The van der Waals surface area contributed by atoms with Crippen molar-refractivity contribution in [2.75, 3.05) is 13.2 Å². The Morgan fingerprint density at radius 3 is 2.06 bits per heavy atom. The third-order valence-electron chi connectivity index (χ3n) is 5.54. The van der Waals surface area contributed by atoms with Crippen LogP contribution in [0.3, 0.4) is 0 Å². The zero-order valence-corrected chi connectivity index (χ0v) is 19.9. The molecule has 0 aliphatic rings. The second-order valence-electron chi connectivity index (χ2n) is 8.04. The zero-order chi connectivity index (χ0) is 23.4. The van der Waals surface area contributed by atoms with Crippen molar-refractivity contribution >= 4 is 23.3 Å². The van der Waals surface area contributed by atoms with Crippen LogP contribution in [0, 0.1) is 0 Å². The molecule has 4 rings (SSSR count). The Balaban J connectivity index is 1.42. The molecule has 1 unspecified atom stereocenters. The Bertz CT molecular complexity index is 1160. The van der Waals surface area contributed by atoms with Gasteiger partial charge >= 0.3 is 0 Å². The fourth-order valence-corrected chi connectivity index (χ4v) is 4.16. The lowest BCUT2D eigenvalue weighted by molar-refractivity contribution is 0.0886. The van der Waals surface area contributed by atoms with Crippen LogP contribution >= 0.6 is 11.6 Å². The zero-order valence-electron chi connectivity index (χ0n) is 19.1. The summed E-state index contributed by atoms with van der Waals surface area (Å²) < 4.78 is 11.8. The van der Waals surface area contributed by atoms with Crippen molar-refractivity contribution in [2.24, 2.45) is 0 Å². The van der Waals surface area contributed by atoms with Crippen LogP contribution < -0.4 is 4.74 Å². The normalized spacial score (nSPS) is 12.3. The molecular weight excluding hydrogens is 440 g/mol. The molecule has 4 aromatic carbocycles. The SMILES string of the molecule is ClC(C/C(=C\c1ccccc1)c1ccccc1)c1ccccc1OCCOCc1ccccc1. The van der Waals surface area contributed by atoms with E-state index in [0.717, 1.165) is 22.4 Å². The Kier molecular flexibility index (Phi) is 8.96. The summed E-state index contributed by atoms with van der Waals surface area (Å²) in [4.78, 5) is 0. The first-order valence-corrected chi connectivity index (χ1v) is 12.0. The van der Waals surface area contributed by atoms with Gasteiger partial charge < -0.3 is 9.47 Å². The predicted molar refractivity (Wildman–Crippen MR) is 142 cm³/mol. The van der Waals surface area contributed by atoms with Gasteiger partial charge in [0.15, 0.2) is 0 Å². The van der Waals surface area contributed by atoms with Crippen molar-refractivity contribution in [1.82, 2.24) is 0 Å². The molecule has 172 valence electrons. The molecular formula is C31H29ClO2. The van der Waals surface area contributed by atoms with Gasteiger partial charge in [-0.15, -0.1) is 11.6 Å². The summed E-state index contributed by atoms with van der Waals surface area (Å²) in [5, 5.41) is -0.225. The number of halogens is 1. The highest BCUT2D eigenvalue weighted by molar-refractivity contribution is 6.21. The van der Waals surface area contributed by atoms with Crippen molar-refractivity contribution in [3.63, 3.8) is 0 Å². The fourth-order valence-electron chi connectivity index (χ4n) is 3.81. The van der Waals surface area contributed by atoms with Gasteiger partial charge in [-0.3, -0.25) is 0 Å². The summed E-state index contributed by atoms with van der Waals surface area (Å²) >= 11 is 6.99. The maximum atomic E-state index is 6.99. The van der Waals surface area contributed by atoms with Gasteiger partial charge in [0.05, 0.1) is 18.6 Å². The summed E-state index contributed by atoms with van der Waals surface area (Å²) in [5.41, 5.74) is 5.66. The summed E-state index contributed by atoms with van der Waals surface area (Å²) in [6, 6.07) is 38.9. The molecule has 0 heterocycles. The van der Waals surface area contributed by atoms with E-state index >= 15 is 0 Å². The molecule has 0 saturated carbocycles. The summed E-state index contributed by atoms with van der Waals surface area (Å²) in [7, 11) is 0. The monoisotopic (exact) mass is 468 g/mol. The van der Waals surface area contributed by atoms with E-state index in [2.05, 4.69) is 66.7 Å². The van der Waals surface area contributed by atoms with E-state index in [9.17, 15) is 0 Å². The summed E-state index contributed by atoms with van der Waals surface area (Å²) in [6.45, 7) is 1.56. The molecule has 0 aliphatic heterocycles. The highest BCUT2D eigenvalue weighted by Gasteiger charge is 2.16. The molecule has 0 fully saturated rings. The molecule has 0 bridgehead atoms. The Morgan fingerprint density at radius 2 is 1.32 bits per heavy atom. The number of hydrogen-bond acceptors (Lipinski definition) is 2. The van der Waals surface area contributed by atoms with Gasteiger partial charge in [0.25, 0.3) is 0 Å². The number of para-hydroxylation sites is 1. The first kappa shape index (κ1) is 23.8. The van der Waals surface area contributed by atoms with Crippen molar-refractivity contribution in [1.29, 1.82) is 0 Å². The molecule has 2 nitrogen and oxygen atoms in total. The predicted octanol–water partition coefficient (Wildman–Crippen LogP) is 8.19. The van der Waals surface area contributed by atoms with Crippen LogP contribution in [-0.4, -0.2) is 13.2 Å². The van der Waals surface area contributed by atoms with Crippen LogP contribution in [0.5, 0.6) is 5.75 Å². The number of hydrogen-bond donors (Lipinski definition) is 0. The lowest BCUT2D eigenvalue weighted by Crippen LogP contribution is -2.08. The highest BCUT2D eigenvalue weighted by Crippen LogP contribution is 2.37. The fraction of sp³-hybridized carbons (Fsp3) is 0.161. The van der Waals surface area contributed by atoms with Crippen molar-refractivity contribution in [3.8, 4) is 5.75 Å². The van der Waals surface area contributed by atoms with Crippen LogP contribution in [0.15, 0.2) is 115 Å². The maximum Gasteiger partial charge on any atom is 0.124 e. The second-order valence-corrected chi connectivity index (χ2v) is 8.57. The largest absolute Gasteiger partial charge is 0.491 e. The van der Waals surface area contributed by atoms with Crippen molar-refractivity contribution in [3.05, 3.63) is 138 Å². The van der Waals surface area contributed by atoms with E-state index in [1.807, 2.05) is 54.6 Å². The molecule has 1 atom stereocenters. The molecule has 0 N–H and O–H groups in total. The topological polar surface area (TPSA) is 18.5 Å². The Labute approximate surface area is 207 Å². The molecule has 0 aromatic heterocycles. The minimum atomic E-state index is -0.225. The molecule has 34 heavy (non-hydrogen) atoms. The lowest BCUT2D eigenvalue weighted by atomic mass is 9.95. The van der Waals surface area contributed by atoms with Gasteiger partial charge in [-0.2, -0.15) is 0 Å². The molecule has 0 amide bonds. The van der Waals surface area contributed by atoms with E-state index < -0.39 is 0 Å². The summed E-state index contributed by atoms with van der Waals surface area (Å²) in [6.07, 6.45) is 2.90. The molecule has 4 aromatic rings. The quantitative estimate of drug-likeness (QED) is 0.125. The van der Waals surface area contributed by atoms with Crippen LogP contribution in [0.1, 0.15) is 34.1 Å². The van der Waals surface area contributed by atoms with E-state index in [1.165, 1.54) is 11.1 Å². The van der Waals surface area contributed by atoms with Crippen LogP contribution in [0.2, 0.25) is 0 Å². The van der Waals surface area contributed by atoms with E-state index in [0.29, 0.717) is 26.2 Å². The van der Waals surface area contributed by atoms with E-state index in [-0.39, 0.29) is 5.38 Å². The van der Waals surface area contributed by atoms with Gasteiger partial charge in [-0.25, -0.2) is 0 Å². The molecule has 3 heteroatoms.